The zero-order valence-corrected chi connectivity index (χ0v) is 32.2. The zero-order chi connectivity index (χ0) is 41.9. The molecule has 308 valence electrons. The maximum Gasteiger partial charge on any atom is 0.573 e. The number of aliphatic hydroxyl groups is 2. The minimum atomic E-state index is -4.89. The van der Waals surface area contributed by atoms with Crippen LogP contribution in [0.5, 0.6) is 5.75 Å². The second kappa shape index (κ2) is 17.0. The van der Waals surface area contributed by atoms with Gasteiger partial charge in [-0.3, -0.25) is 4.79 Å². The third-order valence-electron chi connectivity index (χ3n) is 11.7. The van der Waals surface area contributed by atoms with Crippen molar-refractivity contribution < 1.29 is 50.9 Å². The van der Waals surface area contributed by atoms with Gasteiger partial charge in [0, 0.05) is 28.8 Å². The van der Waals surface area contributed by atoms with Crippen LogP contribution in [-0.2, 0) is 19.1 Å². The fourth-order valence-corrected chi connectivity index (χ4v) is 8.45. The number of urea groups is 1. The van der Waals surface area contributed by atoms with Gasteiger partial charge < -0.3 is 25.2 Å². The molecule has 7 rings (SSSR count). The van der Waals surface area contributed by atoms with E-state index >= 15 is 0 Å². The lowest BCUT2D eigenvalue weighted by molar-refractivity contribution is -0.274. The highest BCUT2D eigenvalue weighted by molar-refractivity contribution is 6.10. The Morgan fingerprint density at radius 2 is 1.62 bits per heavy atom. The van der Waals surface area contributed by atoms with E-state index in [2.05, 4.69) is 16.1 Å². The number of amides is 2. The summed E-state index contributed by atoms with van der Waals surface area (Å²) < 4.78 is 84.1. The Bertz CT molecular complexity index is 2120. The zero-order valence-electron chi connectivity index (χ0n) is 32.2. The molecular formula is C45H46F6N2O5. The molecule has 4 aromatic rings. The van der Waals surface area contributed by atoms with Gasteiger partial charge in [0.05, 0.1) is 23.8 Å². The summed E-state index contributed by atoms with van der Waals surface area (Å²) in [5, 5.41) is 26.8. The van der Waals surface area contributed by atoms with Crippen LogP contribution in [0.15, 0.2) is 109 Å². The molecule has 2 amide bonds. The highest BCUT2D eigenvalue weighted by Crippen LogP contribution is 2.59. The third-order valence-corrected chi connectivity index (χ3v) is 11.7. The van der Waals surface area contributed by atoms with Crippen molar-refractivity contribution in [2.75, 3.05) is 11.9 Å². The molecular weight excluding hydrogens is 762 g/mol. The molecule has 0 aliphatic heterocycles. The number of alkyl halides is 6. The molecule has 0 aromatic heterocycles. The molecule has 58 heavy (non-hydrogen) atoms. The predicted molar refractivity (Wildman–Crippen MR) is 207 cm³/mol. The summed E-state index contributed by atoms with van der Waals surface area (Å²) in [5.41, 5.74) is -0.378. The van der Waals surface area contributed by atoms with Gasteiger partial charge in [0.25, 0.3) is 0 Å². The number of rotatable bonds is 8. The topological polar surface area (TPSA) is 99.1 Å². The molecule has 4 aromatic carbocycles. The Balaban J connectivity index is 1.41. The molecule has 0 spiro atoms. The quantitative estimate of drug-likeness (QED) is 0.0935. The molecule has 0 saturated heterocycles. The van der Waals surface area contributed by atoms with Gasteiger partial charge in [0.2, 0.25) is 0 Å². The lowest BCUT2D eigenvalue weighted by Gasteiger charge is -2.46. The molecule has 1 fully saturated rings. The Hall–Kier alpha value is -5.14. The number of aliphatic hydroxyl groups excluding tert-OH is 1. The lowest BCUT2D eigenvalue weighted by atomic mass is 9.64. The molecule has 2 bridgehead atoms. The van der Waals surface area contributed by atoms with Gasteiger partial charge in [-0.15, -0.1) is 13.2 Å². The summed E-state index contributed by atoms with van der Waals surface area (Å²) >= 11 is 0. The number of nitrogens with one attached hydrogen (secondary N) is 1. The minimum absolute atomic E-state index is 0.0939. The first-order valence-corrected chi connectivity index (χ1v) is 19.2. The van der Waals surface area contributed by atoms with E-state index in [4.69, 9.17) is 0 Å². The summed E-state index contributed by atoms with van der Waals surface area (Å²) in [7, 11) is 0. The van der Waals surface area contributed by atoms with Crippen LogP contribution in [0.4, 0.5) is 36.8 Å². The third kappa shape index (κ3) is 9.93. The summed E-state index contributed by atoms with van der Waals surface area (Å²) in [6, 6.07) is 22.7. The number of nitrogens with zero attached hydrogens (tertiary/aromatic N) is 1. The molecule has 7 nitrogen and oxygen atoms in total. The Labute approximate surface area is 333 Å². The summed E-state index contributed by atoms with van der Waals surface area (Å²) in [5.74, 6) is -1.56. The van der Waals surface area contributed by atoms with Gasteiger partial charge in [-0.1, -0.05) is 73.2 Å². The van der Waals surface area contributed by atoms with Crippen LogP contribution in [-0.4, -0.2) is 51.5 Å². The van der Waals surface area contributed by atoms with Crippen molar-refractivity contribution in [1.82, 2.24) is 4.90 Å². The molecule has 0 radical (unpaired) electrons. The van der Waals surface area contributed by atoms with Gasteiger partial charge in [-0.05, 0) is 117 Å². The van der Waals surface area contributed by atoms with E-state index in [0.717, 1.165) is 29.8 Å². The van der Waals surface area contributed by atoms with E-state index in [9.17, 15) is 46.1 Å². The minimum Gasteiger partial charge on any atom is -0.406 e. The normalized spacial score (nSPS) is 22.7. The fourth-order valence-electron chi connectivity index (χ4n) is 8.45. The Morgan fingerprint density at radius 1 is 0.897 bits per heavy atom. The van der Waals surface area contributed by atoms with Gasteiger partial charge in [0.1, 0.15) is 5.75 Å². The van der Waals surface area contributed by atoms with Gasteiger partial charge >= 0.3 is 18.6 Å². The first-order valence-electron chi connectivity index (χ1n) is 19.2. The number of ether oxygens (including phenoxy) is 1. The molecule has 4 atom stereocenters. The number of fused-ring (bicyclic) bond motifs is 8. The molecule has 3 aliphatic rings. The number of hydrogen-bond acceptors (Lipinski definition) is 5. The summed E-state index contributed by atoms with van der Waals surface area (Å²) in [6.45, 7) is 3.58. The predicted octanol–water partition coefficient (Wildman–Crippen LogP) is 10.6. The highest BCUT2D eigenvalue weighted by Gasteiger charge is 2.57. The average Bonchev–Trinajstić information content (AvgIpc) is 3.42. The monoisotopic (exact) mass is 808 g/mol. The van der Waals surface area contributed by atoms with Crippen LogP contribution in [0.2, 0.25) is 0 Å². The van der Waals surface area contributed by atoms with Crippen LogP contribution in [0.1, 0.15) is 96.5 Å². The van der Waals surface area contributed by atoms with Crippen LogP contribution >= 0.6 is 0 Å². The van der Waals surface area contributed by atoms with E-state index in [-0.39, 0.29) is 37.1 Å². The number of halogens is 6. The summed E-state index contributed by atoms with van der Waals surface area (Å²) in [4.78, 5) is 29.9. The molecule has 3 N–H and O–H groups in total. The van der Waals surface area contributed by atoms with E-state index in [1.54, 1.807) is 48.5 Å². The number of carbonyl (C=O) groups excluding carboxylic acids is 2. The van der Waals surface area contributed by atoms with Crippen LogP contribution in [0.3, 0.4) is 0 Å². The SMILES string of the molecule is CC1=CCCC2(C)C(CCC2(O)CN(Cc2ccc(OC(F)(F)F)cc2)C(=O)Nc2ccccc2)c2ccc(cc2C(=O)c2cccc(C(F)(F)F)c2)CC(O)CC1. The van der Waals surface area contributed by atoms with Crippen LogP contribution in [0, 0.1) is 5.41 Å². The lowest BCUT2D eigenvalue weighted by Crippen LogP contribution is -2.54. The van der Waals surface area contributed by atoms with Crippen molar-refractivity contribution in [2.45, 2.75) is 95.5 Å². The highest BCUT2D eigenvalue weighted by atomic mass is 19.4. The van der Waals surface area contributed by atoms with E-state index in [1.807, 2.05) is 13.8 Å². The number of ketones is 1. The van der Waals surface area contributed by atoms with Crippen molar-refractivity contribution in [1.29, 1.82) is 0 Å². The number of carbonyl (C=O) groups is 2. The van der Waals surface area contributed by atoms with E-state index in [1.165, 1.54) is 29.2 Å². The number of allylic oxidation sites excluding steroid dienone is 2. The standard InChI is InChI=1S/C45H46F6N2O5/c1-29-8-7-22-42(2)39(37-20-16-31(24-35(54)17-13-29)25-38(37)40(55)32-9-6-10-33(26-32)44(46,47)48)21-23-43(42,57)28-53(41(56)52-34-11-4-3-5-12-34)27-30-14-18-36(19-15-30)58-45(49,50)51/h3-6,8-12,14-16,18-20,25-26,35,39,54,57H,7,13,17,21-24,27-28H2,1-2H3,(H,52,56). The molecule has 13 heteroatoms. The molecule has 3 aliphatic carbocycles. The Morgan fingerprint density at radius 3 is 2.31 bits per heavy atom. The molecule has 1 saturated carbocycles. The van der Waals surface area contributed by atoms with Crippen LogP contribution < -0.4 is 10.1 Å². The maximum atomic E-state index is 14.4. The largest absolute Gasteiger partial charge is 0.573 e. The van der Waals surface area contributed by atoms with Crippen molar-refractivity contribution in [3.8, 4) is 5.75 Å². The smallest absolute Gasteiger partial charge is 0.406 e. The van der Waals surface area contributed by atoms with Crippen molar-refractivity contribution in [3.05, 3.63) is 142 Å². The number of hydrogen-bond donors (Lipinski definition) is 3. The van der Waals surface area contributed by atoms with Crippen molar-refractivity contribution in [2.24, 2.45) is 5.41 Å². The van der Waals surface area contributed by atoms with Crippen molar-refractivity contribution >= 4 is 17.5 Å². The van der Waals surface area contributed by atoms with E-state index in [0.29, 0.717) is 54.5 Å². The summed E-state index contributed by atoms with van der Waals surface area (Å²) in [6.07, 6.45) is -5.54. The fraction of sp³-hybridized carbons (Fsp3) is 0.378. The average molecular weight is 809 g/mol. The van der Waals surface area contributed by atoms with Crippen molar-refractivity contribution in [3.63, 3.8) is 0 Å². The number of anilines is 1. The molecule has 0 heterocycles. The first kappa shape index (κ1) is 42.5. The number of para-hydroxylation sites is 1. The molecule has 4 unspecified atom stereocenters. The van der Waals surface area contributed by atoms with E-state index < -0.39 is 58.7 Å². The van der Waals surface area contributed by atoms with Gasteiger partial charge in [-0.2, -0.15) is 13.2 Å². The maximum absolute atomic E-state index is 14.4. The Kier molecular flexibility index (Phi) is 12.4. The number of benzene rings is 4. The van der Waals surface area contributed by atoms with Gasteiger partial charge in [-0.25, -0.2) is 4.79 Å². The second-order valence-electron chi connectivity index (χ2n) is 15.7. The first-order chi connectivity index (χ1) is 27.3. The van der Waals surface area contributed by atoms with Crippen LogP contribution in [0.25, 0.3) is 0 Å². The second-order valence-corrected chi connectivity index (χ2v) is 15.7. The van der Waals surface area contributed by atoms with Gasteiger partial charge in [0.15, 0.2) is 5.78 Å².